The molecular weight excluding hydrogens is 188 g/mol. The third-order valence-corrected chi connectivity index (χ3v) is 2.87. The van der Waals surface area contributed by atoms with Crippen LogP contribution in [0.25, 0.3) is 0 Å². The van der Waals surface area contributed by atoms with Gasteiger partial charge in [-0.1, -0.05) is 24.3 Å². The van der Waals surface area contributed by atoms with Gasteiger partial charge < -0.3 is 9.28 Å². The van der Waals surface area contributed by atoms with Crippen molar-refractivity contribution in [1.82, 2.24) is 5.32 Å². The SMILES string of the molecule is C[N+](C)(C)C1NC(C=O)c2ccccc21. The first-order chi connectivity index (χ1) is 7.04. The van der Waals surface area contributed by atoms with Crippen molar-refractivity contribution in [3.05, 3.63) is 35.4 Å². The number of hydrogen-bond acceptors (Lipinski definition) is 2. The molecule has 1 N–H and O–H groups in total. The standard InChI is InChI=1S/C12H17N2O/c1-14(2,3)12-10-7-5-4-6-9(10)11(8-15)13-12/h4-8,11-13H,1-3H3/q+1. The topological polar surface area (TPSA) is 29.1 Å². The molecule has 2 unspecified atom stereocenters. The largest absolute Gasteiger partial charge is 0.312 e. The van der Waals surface area contributed by atoms with E-state index in [0.29, 0.717) is 0 Å². The first-order valence-electron chi connectivity index (χ1n) is 5.15. The maximum Gasteiger partial charge on any atom is 0.169 e. The first kappa shape index (κ1) is 10.3. The van der Waals surface area contributed by atoms with Crippen LogP contribution in [-0.2, 0) is 4.79 Å². The summed E-state index contributed by atoms with van der Waals surface area (Å²) in [6, 6.07) is 7.98. The van der Waals surface area contributed by atoms with Crippen molar-refractivity contribution in [3.8, 4) is 0 Å². The monoisotopic (exact) mass is 205 g/mol. The average Bonchev–Trinajstić information content (AvgIpc) is 2.55. The predicted octanol–water partition coefficient (Wildman–Crippen LogP) is 1.23. The molecule has 1 aliphatic heterocycles. The number of carbonyl (C=O) groups excluding carboxylic acids is 1. The van der Waals surface area contributed by atoms with E-state index in [1.54, 1.807) is 0 Å². The Balaban J connectivity index is 2.46. The van der Waals surface area contributed by atoms with Crippen LogP contribution in [0.1, 0.15) is 23.3 Å². The van der Waals surface area contributed by atoms with Crippen molar-refractivity contribution in [1.29, 1.82) is 0 Å². The fourth-order valence-corrected chi connectivity index (χ4v) is 2.15. The number of fused-ring (bicyclic) bond motifs is 1. The van der Waals surface area contributed by atoms with Crippen LogP contribution in [0.3, 0.4) is 0 Å². The molecule has 1 aromatic carbocycles. The van der Waals surface area contributed by atoms with E-state index >= 15 is 0 Å². The van der Waals surface area contributed by atoms with E-state index in [4.69, 9.17) is 0 Å². The van der Waals surface area contributed by atoms with Crippen molar-refractivity contribution in [2.45, 2.75) is 12.2 Å². The molecule has 80 valence electrons. The molecule has 0 aliphatic carbocycles. The number of nitrogens with zero attached hydrogens (tertiary/aromatic N) is 1. The second kappa shape index (κ2) is 3.43. The molecule has 15 heavy (non-hydrogen) atoms. The lowest BCUT2D eigenvalue weighted by Crippen LogP contribution is -2.44. The van der Waals surface area contributed by atoms with E-state index in [2.05, 4.69) is 32.5 Å². The van der Waals surface area contributed by atoms with Crippen molar-refractivity contribution in [3.63, 3.8) is 0 Å². The number of quaternary nitrogens is 1. The number of hydrogen-bond donors (Lipinski definition) is 1. The van der Waals surface area contributed by atoms with Crippen LogP contribution in [0.2, 0.25) is 0 Å². The van der Waals surface area contributed by atoms with Gasteiger partial charge in [0.1, 0.15) is 6.29 Å². The third-order valence-electron chi connectivity index (χ3n) is 2.87. The predicted molar refractivity (Wildman–Crippen MR) is 59.2 cm³/mol. The van der Waals surface area contributed by atoms with Gasteiger partial charge in [0.05, 0.1) is 27.2 Å². The van der Waals surface area contributed by atoms with Gasteiger partial charge in [0.15, 0.2) is 6.17 Å². The van der Waals surface area contributed by atoms with Crippen LogP contribution in [0.15, 0.2) is 24.3 Å². The normalized spacial score (nSPS) is 25.0. The molecule has 0 radical (unpaired) electrons. The van der Waals surface area contributed by atoms with Crippen molar-refractivity contribution < 1.29 is 9.28 Å². The van der Waals surface area contributed by atoms with Gasteiger partial charge in [0.2, 0.25) is 0 Å². The van der Waals surface area contributed by atoms with Crippen molar-refractivity contribution in [2.75, 3.05) is 21.1 Å². The molecule has 0 saturated heterocycles. The van der Waals surface area contributed by atoms with Crippen LogP contribution in [0.5, 0.6) is 0 Å². The maximum absolute atomic E-state index is 11.0. The summed E-state index contributed by atoms with van der Waals surface area (Å²) in [5, 5.41) is 3.35. The summed E-state index contributed by atoms with van der Waals surface area (Å²) >= 11 is 0. The summed E-state index contributed by atoms with van der Waals surface area (Å²) < 4.78 is 0.779. The Kier molecular flexibility index (Phi) is 2.37. The van der Waals surface area contributed by atoms with Crippen LogP contribution < -0.4 is 5.32 Å². The highest BCUT2D eigenvalue weighted by atomic mass is 16.1. The zero-order chi connectivity index (χ0) is 11.1. The number of aldehydes is 1. The zero-order valence-electron chi connectivity index (χ0n) is 9.40. The van der Waals surface area contributed by atoms with E-state index in [0.717, 1.165) is 16.3 Å². The summed E-state index contributed by atoms with van der Waals surface area (Å²) in [5.74, 6) is 0. The zero-order valence-corrected chi connectivity index (χ0v) is 9.40. The highest BCUT2D eigenvalue weighted by Crippen LogP contribution is 2.35. The Hall–Kier alpha value is -1.19. The lowest BCUT2D eigenvalue weighted by atomic mass is 10.0. The second-order valence-corrected chi connectivity index (χ2v) is 4.93. The molecule has 0 fully saturated rings. The highest BCUT2D eigenvalue weighted by molar-refractivity contribution is 5.64. The first-order valence-corrected chi connectivity index (χ1v) is 5.15. The molecule has 0 spiro atoms. The Morgan fingerprint density at radius 3 is 2.33 bits per heavy atom. The van der Waals surface area contributed by atoms with Crippen LogP contribution in [0.4, 0.5) is 0 Å². The molecule has 0 aromatic heterocycles. The van der Waals surface area contributed by atoms with E-state index in [9.17, 15) is 4.79 Å². The molecule has 0 bridgehead atoms. The van der Waals surface area contributed by atoms with Gasteiger partial charge >= 0.3 is 0 Å². The minimum absolute atomic E-state index is 0.149. The Morgan fingerprint density at radius 2 is 1.80 bits per heavy atom. The summed E-state index contributed by atoms with van der Waals surface area (Å²) in [5.41, 5.74) is 2.35. The van der Waals surface area contributed by atoms with Crippen molar-refractivity contribution >= 4 is 6.29 Å². The van der Waals surface area contributed by atoms with Gasteiger partial charge in [-0.2, -0.15) is 0 Å². The Bertz CT molecular complexity index is 381. The number of benzene rings is 1. The minimum Gasteiger partial charge on any atom is -0.312 e. The van der Waals surface area contributed by atoms with Crippen LogP contribution in [0, 0.1) is 0 Å². The second-order valence-electron chi connectivity index (χ2n) is 4.93. The molecule has 1 aromatic rings. The van der Waals surface area contributed by atoms with Crippen molar-refractivity contribution in [2.24, 2.45) is 0 Å². The summed E-state index contributed by atoms with van der Waals surface area (Å²) in [6.07, 6.45) is 1.19. The molecule has 2 atom stereocenters. The van der Waals surface area contributed by atoms with Crippen LogP contribution >= 0.6 is 0 Å². The lowest BCUT2D eigenvalue weighted by molar-refractivity contribution is -0.905. The molecular formula is C12H17N2O+. The summed E-state index contributed by atoms with van der Waals surface area (Å²) in [7, 11) is 6.38. The fourth-order valence-electron chi connectivity index (χ4n) is 2.15. The van der Waals surface area contributed by atoms with Gasteiger partial charge in [0, 0.05) is 5.56 Å². The lowest BCUT2D eigenvalue weighted by Gasteiger charge is -2.32. The van der Waals surface area contributed by atoms with E-state index in [-0.39, 0.29) is 12.2 Å². The maximum atomic E-state index is 11.0. The van der Waals surface area contributed by atoms with Crippen LogP contribution in [-0.4, -0.2) is 31.9 Å². The quantitative estimate of drug-likeness (QED) is 0.581. The molecule has 1 heterocycles. The molecule has 3 heteroatoms. The molecule has 0 amide bonds. The van der Waals surface area contributed by atoms with Gasteiger partial charge in [-0.3, -0.25) is 0 Å². The molecule has 3 nitrogen and oxygen atoms in total. The Morgan fingerprint density at radius 1 is 1.20 bits per heavy atom. The minimum atomic E-state index is -0.149. The summed E-state index contributed by atoms with van der Waals surface area (Å²) in [4.78, 5) is 11.0. The molecule has 1 aliphatic rings. The van der Waals surface area contributed by atoms with Gasteiger partial charge in [-0.25, -0.2) is 5.32 Å². The van der Waals surface area contributed by atoms with Gasteiger partial charge in [-0.15, -0.1) is 0 Å². The van der Waals surface area contributed by atoms with Gasteiger partial charge in [-0.05, 0) is 5.56 Å². The van der Waals surface area contributed by atoms with E-state index < -0.39 is 0 Å². The average molecular weight is 205 g/mol. The number of nitrogens with one attached hydrogen (secondary N) is 1. The smallest absolute Gasteiger partial charge is 0.169 e. The molecule has 0 saturated carbocycles. The Labute approximate surface area is 90.3 Å². The van der Waals surface area contributed by atoms with E-state index in [1.807, 2.05) is 18.2 Å². The summed E-state index contributed by atoms with van der Waals surface area (Å²) in [6.45, 7) is 0. The molecule has 2 rings (SSSR count). The highest BCUT2D eigenvalue weighted by Gasteiger charge is 2.37. The van der Waals surface area contributed by atoms with E-state index in [1.165, 1.54) is 5.56 Å². The third kappa shape index (κ3) is 1.68. The fraction of sp³-hybridized carbons (Fsp3) is 0.417. The van der Waals surface area contributed by atoms with Gasteiger partial charge in [0.25, 0.3) is 0 Å². The number of rotatable bonds is 2. The number of carbonyl (C=O) groups is 1.